The van der Waals surface area contributed by atoms with Gasteiger partial charge >= 0.3 is 0 Å². The van der Waals surface area contributed by atoms with Gasteiger partial charge in [0.05, 0.1) is 16.5 Å². The van der Waals surface area contributed by atoms with Gasteiger partial charge in [-0.2, -0.15) is 0 Å². The van der Waals surface area contributed by atoms with Crippen LogP contribution in [0.3, 0.4) is 0 Å². The third kappa shape index (κ3) is 3.70. The Morgan fingerprint density at radius 1 is 1.43 bits per heavy atom. The molecule has 0 aliphatic carbocycles. The monoisotopic (exact) mass is 449 g/mol. The van der Waals surface area contributed by atoms with Crippen molar-refractivity contribution in [2.45, 2.75) is 13.3 Å². The molecule has 112 valence electrons. The fourth-order valence-electron chi connectivity index (χ4n) is 1.96. The molecular formula is C14H13Br2NO2S2. The van der Waals surface area contributed by atoms with E-state index >= 15 is 0 Å². The molecule has 1 aliphatic heterocycles. The van der Waals surface area contributed by atoms with Gasteiger partial charge in [-0.15, -0.1) is 0 Å². The molecule has 0 saturated carbocycles. The molecule has 1 heterocycles. The van der Waals surface area contributed by atoms with Gasteiger partial charge in [-0.3, -0.25) is 9.69 Å². The standard InChI is InChI=1S/C14H13Br2NO2S2/c1-3-4-17-13(18)11(21-14(17)20)6-8-5-9(15)7-10(16)12(8)19-2/h5-7H,3-4H2,1-2H3/b11-6-. The average molecular weight is 451 g/mol. The van der Waals surface area contributed by atoms with Crippen molar-refractivity contribution in [3.05, 3.63) is 31.5 Å². The SMILES string of the molecule is CCCN1C(=O)/C(=C/c2cc(Br)cc(Br)c2OC)SC1=S. The third-order valence-electron chi connectivity index (χ3n) is 2.85. The zero-order valence-electron chi connectivity index (χ0n) is 11.5. The lowest BCUT2D eigenvalue weighted by Gasteiger charge is -2.12. The number of hydrogen-bond acceptors (Lipinski definition) is 4. The molecule has 1 saturated heterocycles. The second-order valence-electron chi connectivity index (χ2n) is 4.34. The summed E-state index contributed by atoms with van der Waals surface area (Å²) in [5.74, 6) is 0.656. The molecule has 0 N–H and O–H groups in total. The van der Waals surface area contributed by atoms with E-state index in [0.717, 1.165) is 20.9 Å². The minimum Gasteiger partial charge on any atom is -0.495 e. The first kappa shape index (κ1) is 17.0. The smallest absolute Gasteiger partial charge is 0.266 e. The Kier molecular flexibility index (Phi) is 5.88. The maximum Gasteiger partial charge on any atom is 0.266 e. The number of carbonyl (C=O) groups is 1. The lowest BCUT2D eigenvalue weighted by Crippen LogP contribution is -2.28. The lowest BCUT2D eigenvalue weighted by molar-refractivity contribution is -0.122. The molecule has 1 amide bonds. The number of thioether (sulfide) groups is 1. The lowest BCUT2D eigenvalue weighted by atomic mass is 10.2. The molecule has 0 aromatic heterocycles. The molecule has 2 rings (SSSR count). The van der Waals surface area contributed by atoms with Crippen molar-refractivity contribution in [2.24, 2.45) is 0 Å². The average Bonchev–Trinajstić information content (AvgIpc) is 2.66. The van der Waals surface area contributed by atoms with E-state index in [1.165, 1.54) is 11.8 Å². The van der Waals surface area contributed by atoms with Gasteiger partial charge in [-0.25, -0.2) is 0 Å². The van der Waals surface area contributed by atoms with Crippen molar-refractivity contribution >= 4 is 72.1 Å². The minimum atomic E-state index is -0.0370. The van der Waals surface area contributed by atoms with Crippen LogP contribution in [-0.4, -0.2) is 28.8 Å². The van der Waals surface area contributed by atoms with Gasteiger partial charge in [0, 0.05) is 16.6 Å². The highest BCUT2D eigenvalue weighted by atomic mass is 79.9. The molecule has 3 nitrogen and oxygen atoms in total. The number of thiocarbonyl (C=S) groups is 1. The van der Waals surface area contributed by atoms with E-state index in [1.807, 2.05) is 25.1 Å². The summed E-state index contributed by atoms with van der Waals surface area (Å²) in [7, 11) is 1.60. The van der Waals surface area contributed by atoms with Crippen LogP contribution in [0.15, 0.2) is 26.0 Å². The van der Waals surface area contributed by atoms with Gasteiger partial charge in [0.1, 0.15) is 10.1 Å². The molecule has 1 aliphatic rings. The van der Waals surface area contributed by atoms with Crippen LogP contribution >= 0.6 is 55.8 Å². The van der Waals surface area contributed by atoms with Crippen molar-refractivity contribution in [1.82, 2.24) is 4.90 Å². The number of nitrogens with zero attached hydrogens (tertiary/aromatic N) is 1. The van der Waals surface area contributed by atoms with Crippen molar-refractivity contribution in [3.63, 3.8) is 0 Å². The Morgan fingerprint density at radius 2 is 2.14 bits per heavy atom. The second kappa shape index (κ2) is 7.26. The first-order valence-corrected chi connectivity index (χ1v) is 9.07. The summed E-state index contributed by atoms with van der Waals surface area (Å²) >= 11 is 13.5. The predicted molar refractivity (Wildman–Crippen MR) is 98.6 cm³/mol. The number of halogens is 2. The molecule has 21 heavy (non-hydrogen) atoms. The van der Waals surface area contributed by atoms with E-state index in [-0.39, 0.29) is 5.91 Å². The fraction of sp³-hybridized carbons (Fsp3) is 0.286. The number of rotatable bonds is 4. The van der Waals surface area contributed by atoms with Gasteiger partial charge < -0.3 is 4.74 Å². The third-order valence-corrected chi connectivity index (χ3v) is 5.27. The van der Waals surface area contributed by atoms with Gasteiger partial charge in [0.25, 0.3) is 5.91 Å². The Labute approximate surface area is 150 Å². The highest BCUT2D eigenvalue weighted by molar-refractivity contribution is 9.11. The van der Waals surface area contributed by atoms with Crippen molar-refractivity contribution < 1.29 is 9.53 Å². The van der Waals surface area contributed by atoms with Crippen LogP contribution in [0, 0.1) is 0 Å². The van der Waals surface area contributed by atoms with Gasteiger partial charge in [-0.1, -0.05) is 46.8 Å². The second-order valence-corrected chi connectivity index (χ2v) is 7.79. The normalized spacial score (nSPS) is 17.0. The van der Waals surface area contributed by atoms with E-state index in [1.54, 1.807) is 12.0 Å². The Hall–Kier alpha value is -0.370. The summed E-state index contributed by atoms with van der Waals surface area (Å²) in [5, 5.41) is 0. The maximum absolute atomic E-state index is 12.4. The highest BCUT2D eigenvalue weighted by Gasteiger charge is 2.31. The molecule has 1 aromatic rings. The number of amides is 1. The zero-order valence-corrected chi connectivity index (χ0v) is 16.3. The van der Waals surface area contributed by atoms with E-state index < -0.39 is 0 Å². The Morgan fingerprint density at radius 3 is 2.76 bits per heavy atom. The van der Waals surface area contributed by atoms with E-state index in [0.29, 0.717) is 21.5 Å². The molecule has 0 spiro atoms. The summed E-state index contributed by atoms with van der Waals surface area (Å²) < 4.78 is 7.75. The van der Waals surface area contributed by atoms with Crippen LogP contribution in [0.25, 0.3) is 6.08 Å². The van der Waals surface area contributed by atoms with Crippen LogP contribution in [0.2, 0.25) is 0 Å². The fourth-order valence-corrected chi connectivity index (χ4v) is 4.68. The highest BCUT2D eigenvalue weighted by Crippen LogP contribution is 2.38. The number of benzene rings is 1. The topological polar surface area (TPSA) is 29.5 Å². The summed E-state index contributed by atoms with van der Waals surface area (Å²) in [6.07, 6.45) is 2.70. The van der Waals surface area contributed by atoms with E-state index in [4.69, 9.17) is 17.0 Å². The Balaban J connectivity index is 2.41. The summed E-state index contributed by atoms with van der Waals surface area (Å²) in [5.41, 5.74) is 0.829. The van der Waals surface area contributed by atoms with Crippen LogP contribution in [0.4, 0.5) is 0 Å². The maximum atomic E-state index is 12.4. The zero-order chi connectivity index (χ0) is 15.6. The van der Waals surface area contributed by atoms with Crippen molar-refractivity contribution in [2.75, 3.05) is 13.7 Å². The van der Waals surface area contributed by atoms with Gasteiger partial charge in [0.2, 0.25) is 0 Å². The molecule has 0 unspecified atom stereocenters. The molecule has 0 bridgehead atoms. The first-order chi connectivity index (χ1) is 9.97. The minimum absolute atomic E-state index is 0.0370. The summed E-state index contributed by atoms with van der Waals surface area (Å²) in [6.45, 7) is 2.68. The molecule has 1 fully saturated rings. The van der Waals surface area contributed by atoms with Crippen LogP contribution in [0.5, 0.6) is 5.75 Å². The van der Waals surface area contributed by atoms with Crippen molar-refractivity contribution in [3.8, 4) is 5.75 Å². The van der Waals surface area contributed by atoms with E-state index in [9.17, 15) is 4.79 Å². The number of methoxy groups -OCH3 is 1. The van der Waals surface area contributed by atoms with E-state index in [2.05, 4.69) is 31.9 Å². The molecule has 1 aromatic carbocycles. The van der Waals surface area contributed by atoms with Gasteiger partial charge in [0.15, 0.2) is 0 Å². The largest absolute Gasteiger partial charge is 0.495 e. The van der Waals surface area contributed by atoms with Crippen molar-refractivity contribution in [1.29, 1.82) is 0 Å². The number of ether oxygens (including phenoxy) is 1. The molecule has 0 atom stereocenters. The first-order valence-electron chi connectivity index (χ1n) is 6.26. The molecular weight excluding hydrogens is 438 g/mol. The number of carbonyl (C=O) groups excluding carboxylic acids is 1. The molecule has 0 radical (unpaired) electrons. The number of hydrogen-bond donors (Lipinski definition) is 0. The van der Waals surface area contributed by atoms with Crippen LogP contribution < -0.4 is 4.74 Å². The molecule has 7 heteroatoms. The van der Waals surface area contributed by atoms with Crippen LogP contribution in [-0.2, 0) is 4.79 Å². The van der Waals surface area contributed by atoms with Crippen LogP contribution in [0.1, 0.15) is 18.9 Å². The summed E-state index contributed by atoms with van der Waals surface area (Å²) in [6, 6.07) is 3.81. The van der Waals surface area contributed by atoms with Gasteiger partial charge in [-0.05, 0) is 40.6 Å². The Bertz CT molecular complexity index is 632. The summed E-state index contributed by atoms with van der Waals surface area (Å²) in [4.78, 5) is 14.6. The predicted octanol–water partition coefficient (Wildman–Crippen LogP) is 4.83. The quantitative estimate of drug-likeness (QED) is 0.485.